The Labute approximate surface area is 208 Å². The summed E-state index contributed by atoms with van der Waals surface area (Å²) in [5, 5.41) is 11.9. The van der Waals surface area contributed by atoms with Gasteiger partial charge in [0.05, 0.1) is 24.6 Å². The van der Waals surface area contributed by atoms with Crippen molar-refractivity contribution in [3.8, 4) is 11.5 Å². The lowest BCUT2D eigenvalue weighted by Crippen LogP contribution is -2.50. The van der Waals surface area contributed by atoms with E-state index in [1.807, 2.05) is 24.3 Å². The van der Waals surface area contributed by atoms with Crippen LogP contribution < -0.4 is 25.4 Å². The number of amidine groups is 1. The molecule has 0 saturated heterocycles. The predicted molar refractivity (Wildman–Crippen MR) is 137 cm³/mol. The molecule has 2 aromatic rings. The van der Waals surface area contributed by atoms with Crippen LogP contribution in [0.1, 0.15) is 50.8 Å². The van der Waals surface area contributed by atoms with Crippen LogP contribution in [0.2, 0.25) is 5.02 Å². The maximum Gasteiger partial charge on any atom is 0.276 e. The molecule has 0 aliphatic carbocycles. The Morgan fingerprint density at radius 3 is 2.59 bits per heavy atom. The summed E-state index contributed by atoms with van der Waals surface area (Å²) in [7, 11) is 3.13. The second-order valence-corrected chi connectivity index (χ2v) is 9.55. The number of carbonyl (C=O) groups is 1. The zero-order valence-electron chi connectivity index (χ0n) is 19.6. The number of unbranched alkanes of at least 4 members (excludes halogenated alkanes) is 4. The summed E-state index contributed by atoms with van der Waals surface area (Å²) < 4.78 is 10.9. The Hall–Kier alpha value is -2.71. The number of hydrazone groups is 1. The highest BCUT2D eigenvalue weighted by Gasteiger charge is 2.35. The number of methoxy groups -OCH3 is 2. The predicted octanol–water partition coefficient (Wildman–Crippen LogP) is 4.20. The average molecular weight is 501 g/mol. The summed E-state index contributed by atoms with van der Waals surface area (Å²) in [6, 6.07) is 11.1. The first kappa shape index (κ1) is 24.4. The van der Waals surface area contributed by atoms with Crippen molar-refractivity contribution in [3.63, 3.8) is 0 Å². The van der Waals surface area contributed by atoms with Crippen LogP contribution in [0.25, 0.3) is 5.70 Å². The van der Waals surface area contributed by atoms with E-state index in [2.05, 4.69) is 12.2 Å². The van der Waals surface area contributed by atoms with Crippen molar-refractivity contribution in [3.05, 3.63) is 57.6 Å². The lowest BCUT2D eigenvalue weighted by atomic mass is 10.1. The van der Waals surface area contributed by atoms with Crippen LogP contribution in [-0.2, 0) is 4.79 Å². The molecule has 1 amide bonds. The summed E-state index contributed by atoms with van der Waals surface area (Å²) in [5.41, 5.74) is 1.13. The van der Waals surface area contributed by atoms with E-state index < -0.39 is 6.17 Å². The van der Waals surface area contributed by atoms with Gasteiger partial charge in [-0.1, -0.05) is 74.2 Å². The molecule has 2 aromatic carbocycles. The van der Waals surface area contributed by atoms with Crippen molar-refractivity contribution in [2.75, 3.05) is 20.0 Å². The molecule has 2 aliphatic heterocycles. The van der Waals surface area contributed by atoms with E-state index in [1.54, 1.807) is 43.1 Å². The van der Waals surface area contributed by atoms with E-state index in [1.165, 1.54) is 25.7 Å². The van der Waals surface area contributed by atoms with Gasteiger partial charge in [0.25, 0.3) is 5.91 Å². The van der Waals surface area contributed by atoms with Gasteiger partial charge in [-0.3, -0.25) is 15.1 Å². The lowest BCUT2D eigenvalue weighted by Gasteiger charge is -2.34. The minimum atomic E-state index is -0.622. The number of carbonyl (C=O) groups excluding carboxylic acids is 1. The molecule has 0 radical (unpaired) electrons. The van der Waals surface area contributed by atoms with Crippen molar-refractivity contribution in [2.24, 2.45) is 10.1 Å². The minimum absolute atomic E-state index is 0.201. The maximum absolute atomic E-state index is 13.3. The van der Waals surface area contributed by atoms with Crippen molar-refractivity contribution in [1.82, 2.24) is 10.3 Å². The number of thioether (sulfide) groups is 1. The normalized spacial score (nSPS) is 16.8. The summed E-state index contributed by atoms with van der Waals surface area (Å²) in [5.74, 6) is 1.74. The fourth-order valence-corrected chi connectivity index (χ4v) is 5.14. The molecule has 180 valence electrons. The van der Waals surface area contributed by atoms with Gasteiger partial charge < -0.3 is 9.47 Å². The van der Waals surface area contributed by atoms with Crippen LogP contribution in [0.4, 0.5) is 0 Å². The fraction of sp³-hybridized carbons (Fsp3) is 0.400. The number of amides is 1. The largest absolute Gasteiger partial charge is 0.493 e. The van der Waals surface area contributed by atoms with Crippen LogP contribution in [-0.4, -0.2) is 36.1 Å². The molecular formula is C25H29ClN4O3S. The molecule has 0 saturated carbocycles. The second kappa shape index (κ2) is 11.1. The van der Waals surface area contributed by atoms with Gasteiger partial charge in [-0.25, -0.2) is 5.01 Å². The first-order chi connectivity index (χ1) is 16.6. The van der Waals surface area contributed by atoms with Crippen molar-refractivity contribution in [2.45, 2.75) is 45.2 Å². The van der Waals surface area contributed by atoms with Gasteiger partial charge in [0.1, 0.15) is 5.70 Å². The quantitative estimate of drug-likeness (QED) is 0.522. The summed E-state index contributed by atoms with van der Waals surface area (Å²) in [4.78, 5) is 18.2. The zero-order valence-corrected chi connectivity index (χ0v) is 21.2. The highest BCUT2D eigenvalue weighted by atomic mass is 35.5. The van der Waals surface area contributed by atoms with Crippen LogP contribution in [0.15, 0.2) is 46.5 Å². The van der Waals surface area contributed by atoms with E-state index in [-0.39, 0.29) is 5.91 Å². The first-order valence-electron chi connectivity index (χ1n) is 11.5. The van der Waals surface area contributed by atoms with Gasteiger partial charge in [0.2, 0.25) is 0 Å². The molecule has 1 N–H and O–H groups in total. The fourth-order valence-electron chi connectivity index (χ4n) is 4.04. The summed E-state index contributed by atoms with van der Waals surface area (Å²) in [6.07, 6.45) is 5.33. The smallest absolute Gasteiger partial charge is 0.276 e. The molecule has 4 rings (SSSR count). The number of fused-ring (bicyclic) bond motifs is 2. The third-order valence-corrected chi connectivity index (χ3v) is 7.06. The van der Waals surface area contributed by atoms with Gasteiger partial charge in [-0.05, 0) is 18.6 Å². The Balaban J connectivity index is 1.72. The lowest BCUT2D eigenvalue weighted by molar-refractivity contribution is -0.116. The minimum Gasteiger partial charge on any atom is -0.493 e. The molecule has 0 spiro atoms. The monoisotopic (exact) mass is 500 g/mol. The highest BCUT2D eigenvalue weighted by molar-refractivity contribution is 8.13. The highest BCUT2D eigenvalue weighted by Crippen LogP contribution is 2.40. The Kier molecular flexibility index (Phi) is 8.00. The number of para-hydroxylation sites is 1. The third kappa shape index (κ3) is 5.03. The van der Waals surface area contributed by atoms with E-state index in [0.717, 1.165) is 17.4 Å². The standard InChI is InChI=1S/C25H29ClN4O3S/c1-4-5-6-7-10-13-34-25-28-24(31)22-16-11-8-9-12-19(16)27-23(30(22)29-25)17-14-20(32-2)21(33-3)15-18(17)26/h8-9,11-12,14-15,23H,4-7,10,13H2,1-3H3,(H,28,29,31). The van der Waals surface area contributed by atoms with E-state index >= 15 is 0 Å². The molecule has 2 aliphatic rings. The van der Waals surface area contributed by atoms with Crippen LogP contribution in [0.5, 0.6) is 11.5 Å². The van der Waals surface area contributed by atoms with Crippen LogP contribution in [0.3, 0.4) is 0 Å². The number of nitrogens with zero attached hydrogens (tertiary/aromatic N) is 3. The number of ether oxygens (including phenoxy) is 2. The van der Waals surface area contributed by atoms with Crippen LogP contribution >= 0.6 is 23.4 Å². The maximum atomic E-state index is 13.3. The SMILES string of the molecule is CCCCCCCSC1=NN2C(=c3ccccc3=NC2c2cc(OC)c(OC)cc2Cl)C(=O)N1. The van der Waals surface area contributed by atoms with E-state index in [4.69, 9.17) is 31.2 Å². The molecule has 1 atom stereocenters. The second-order valence-electron chi connectivity index (χ2n) is 8.06. The number of hydrogen-bond donors (Lipinski definition) is 1. The Morgan fingerprint density at radius 1 is 1.09 bits per heavy atom. The number of hydrogen-bond acceptors (Lipinski definition) is 7. The van der Waals surface area contributed by atoms with Gasteiger partial charge in [-0.2, -0.15) is 0 Å². The average Bonchev–Trinajstić information content (AvgIpc) is 2.85. The number of halogens is 1. The first-order valence-corrected chi connectivity index (χ1v) is 12.8. The van der Waals surface area contributed by atoms with Gasteiger partial charge >= 0.3 is 0 Å². The van der Waals surface area contributed by atoms with Gasteiger partial charge in [0, 0.05) is 22.6 Å². The summed E-state index contributed by atoms with van der Waals surface area (Å²) >= 11 is 8.21. The third-order valence-electron chi connectivity index (χ3n) is 5.78. The molecule has 34 heavy (non-hydrogen) atoms. The molecule has 2 heterocycles. The van der Waals surface area contributed by atoms with Crippen molar-refractivity contribution < 1.29 is 14.3 Å². The molecule has 9 heteroatoms. The van der Waals surface area contributed by atoms with Crippen molar-refractivity contribution >= 4 is 40.1 Å². The molecule has 1 unspecified atom stereocenters. The Morgan fingerprint density at radius 2 is 1.82 bits per heavy atom. The molecular weight excluding hydrogens is 472 g/mol. The molecule has 0 bridgehead atoms. The van der Waals surface area contributed by atoms with E-state index in [9.17, 15) is 4.79 Å². The van der Waals surface area contributed by atoms with E-state index in [0.29, 0.717) is 38.3 Å². The summed E-state index contributed by atoms with van der Waals surface area (Å²) in [6.45, 7) is 2.21. The number of rotatable bonds is 9. The number of benzene rings is 2. The molecule has 0 fully saturated rings. The van der Waals surface area contributed by atoms with Crippen LogP contribution in [0, 0.1) is 0 Å². The van der Waals surface area contributed by atoms with Gasteiger partial charge in [-0.15, -0.1) is 5.10 Å². The van der Waals surface area contributed by atoms with Crippen molar-refractivity contribution in [1.29, 1.82) is 0 Å². The molecule has 0 aromatic heterocycles. The zero-order chi connectivity index (χ0) is 24.1. The molecule has 7 nitrogen and oxygen atoms in total. The number of nitrogens with one attached hydrogen (secondary N) is 1. The topological polar surface area (TPSA) is 75.5 Å². The van der Waals surface area contributed by atoms with Gasteiger partial charge in [0.15, 0.2) is 22.8 Å². The Bertz CT molecular complexity index is 1220.